The van der Waals surface area contributed by atoms with Gasteiger partial charge in [-0.25, -0.2) is 9.97 Å². The monoisotopic (exact) mass is 429 g/mol. The molecule has 0 unspecified atom stereocenters. The number of hydrogen-bond acceptors (Lipinski definition) is 8. The Kier molecular flexibility index (Phi) is 5.32. The number of rotatable bonds is 6. The summed E-state index contributed by atoms with van der Waals surface area (Å²) in [6.45, 7) is 1.92. The van der Waals surface area contributed by atoms with Crippen molar-refractivity contribution in [1.29, 1.82) is 0 Å². The second kappa shape index (κ2) is 8.58. The predicted molar refractivity (Wildman–Crippen MR) is 121 cm³/mol. The van der Waals surface area contributed by atoms with E-state index in [1.807, 2.05) is 25.1 Å². The van der Waals surface area contributed by atoms with Crippen molar-refractivity contribution in [3.63, 3.8) is 0 Å². The SMILES string of the molecule is Cc1cnc(N[C@H]2CC[C@H](Nc3ccc(-n4cccc(-c5cn[nH]n5)c4=O)cn3)C2)cn1. The summed E-state index contributed by atoms with van der Waals surface area (Å²) in [6.07, 6.45) is 11.6. The molecule has 0 amide bonds. The van der Waals surface area contributed by atoms with Crippen molar-refractivity contribution >= 4 is 11.6 Å². The van der Waals surface area contributed by atoms with Gasteiger partial charge < -0.3 is 10.6 Å². The maximum atomic E-state index is 12.9. The van der Waals surface area contributed by atoms with Gasteiger partial charge in [0.15, 0.2) is 0 Å². The van der Waals surface area contributed by atoms with Crippen molar-refractivity contribution < 1.29 is 0 Å². The molecule has 1 fully saturated rings. The van der Waals surface area contributed by atoms with Gasteiger partial charge in [0.25, 0.3) is 5.56 Å². The van der Waals surface area contributed by atoms with Gasteiger partial charge in [0.05, 0.1) is 41.7 Å². The van der Waals surface area contributed by atoms with Crippen LogP contribution in [0.2, 0.25) is 0 Å². The van der Waals surface area contributed by atoms with E-state index in [0.717, 1.165) is 36.6 Å². The topological polar surface area (TPSA) is 126 Å². The van der Waals surface area contributed by atoms with Gasteiger partial charge in [-0.1, -0.05) is 0 Å². The number of aromatic nitrogens is 7. The summed E-state index contributed by atoms with van der Waals surface area (Å²) in [5.41, 5.74) is 2.41. The maximum Gasteiger partial charge on any atom is 0.264 e. The predicted octanol–water partition coefficient (Wildman–Crippen LogP) is 2.56. The van der Waals surface area contributed by atoms with Gasteiger partial charge in [0, 0.05) is 18.3 Å². The van der Waals surface area contributed by atoms with Gasteiger partial charge in [0.2, 0.25) is 0 Å². The molecule has 0 aliphatic heterocycles. The Labute approximate surface area is 184 Å². The number of aryl methyl sites for hydroxylation is 1. The van der Waals surface area contributed by atoms with Gasteiger partial charge in [0.1, 0.15) is 17.3 Å². The average molecular weight is 429 g/mol. The zero-order valence-corrected chi connectivity index (χ0v) is 17.6. The lowest BCUT2D eigenvalue weighted by atomic mass is 10.2. The number of hydrogen-bond donors (Lipinski definition) is 3. The van der Waals surface area contributed by atoms with Gasteiger partial charge in [-0.05, 0) is 50.5 Å². The molecule has 162 valence electrons. The molecule has 1 aliphatic carbocycles. The molecule has 1 saturated carbocycles. The summed E-state index contributed by atoms with van der Waals surface area (Å²) in [7, 11) is 0. The first kappa shape index (κ1) is 19.9. The molecule has 0 saturated heterocycles. The number of anilines is 2. The minimum atomic E-state index is -0.173. The Morgan fingerprint density at radius 1 is 0.969 bits per heavy atom. The summed E-state index contributed by atoms with van der Waals surface area (Å²) in [5, 5.41) is 17.3. The summed E-state index contributed by atoms with van der Waals surface area (Å²) in [6, 6.07) is 7.99. The van der Waals surface area contributed by atoms with Gasteiger partial charge in [-0.2, -0.15) is 15.4 Å². The second-order valence-electron chi connectivity index (χ2n) is 7.89. The summed E-state index contributed by atoms with van der Waals surface area (Å²) >= 11 is 0. The van der Waals surface area contributed by atoms with Crippen LogP contribution in [-0.4, -0.2) is 47.0 Å². The fourth-order valence-electron chi connectivity index (χ4n) is 3.97. The van der Waals surface area contributed by atoms with E-state index in [0.29, 0.717) is 29.0 Å². The van der Waals surface area contributed by atoms with Gasteiger partial charge in [-0.3, -0.25) is 14.3 Å². The Bertz CT molecular complexity index is 1230. The van der Waals surface area contributed by atoms with Crippen molar-refractivity contribution in [1.82, 2.24) is 34.9 Å². The van der Waals surface area contributed by atoms with E-state index in [4.69, 9.17) is 0 Å². The Morgan fingerprint density at radius 3 is 2.47 bits per heavy atom. The average Bonchev–Trinajstić information content (AvgIpc) is 3.49. The Morgan fingerprint density at radius 2 is 1.78 bits per heavy atom. The Balaban J connectivity index is 1.24. The molecule has 0 radical (unpaired) electrons. The molecule has 1 aliphatic rings. The smallest absolute Gasteiger partial charge is 0.264 e. The van der Waals surface area contributed by atoms with Gasteiger partial charge >= 0.3 is 0 Å². The highest BCUT2D eigenvalue weighted by Crippen LogP contribution is 2.25. The quantitative estimate of drug-likeness (QED) is 0.427. The van der Waals surface area contributed by atoms with Crippen LogP contribution < -0.4 is 16.2 Å². The van der Waals surface area contributed by atoms with Crippen LogP contribution in [0.3, 0.4) is 0 Å². The molecule has 0 spiro atoms. The van der Waals surface area contributed by atoms with Crippen LogP contribution in [0.15, 0.2) is 60.0 Å². The molecule has 10 heteroatoms. The normalized spacial score (nSPS) is 17.9. The summed E-state index contributed by atoms with van der Waals surface area (Å²) in [4.78, 5) is 26.0. The van der Waals surface area contributed by atoms with Crippen molar-refractivity contribution in [2.24, 2.45) is 0 Å². The number of H-pyrrole nitrogens is 1. The standard InChI is InChI=1S/C22H23N9O/c1-14-10-24-21(13-23-14)28-16-5-4-15(9-16)27-20-7-6-17(11-25-20)31-8-2-3-18(22(31)32)19-12-26-30-29-19/h2-3,6-8,10-13,15-16H,4-5,9H2,1H3,(H,24,28)(H,25,27)(H,26,29,30)/t15-,16-/m0/s1. The number of nitrogens with zero attached hydrogens (tertiary/aromatic N) is 6. The van der Waals surface area contributed by atoms with E-state index >= 15 is 0 Å². The summed E-state index contributed by atoms with van der Waals surface area (Å²) in [5.74, 6) is 1.59. The minimum Gasteiger partial charge on any atom is -0.367 e. The van der Waals surface area contributed by atoms with Crippen LogP contribution in [0.4, 0.5) is 11.6 Å². The largest absolute Gasteiger partial charge is 0.367 e. The highest BCUT2D eigenvalue weighted by atomic mass is 16.1. The lowest BCUT2D eigenvalue weighted by molar-refractivity contribution is 0.719. The van der Waals surface area contributed by atoms with E-state index in [9.17, 15) is 4.79 Å². The van der Waals surface area contributed by atoms with Crippen molar-refractivity contribution in [2.45, 2.75) is 38.3 Å². The molecule has 0 aromatic carbocycles. The first-order valence-corrected chi connectivity index (χ1v) is 10.5. The van der Waals surface area contributed by atoms with Crippen LogP contribution >= 0.6 is 0 Å². The molecule has 2 atom stereocenters. The third-order valence-corrected chi connectivity index (χ3v) is 5.58. The highest BCUT2D eigenvalue weighted by molar-refractivity contribution is 5.57. The van der Waals surface area contributed by atoms with Crippen LogP contribution in [0, 0.1) is 6.92 Å². The van der Waals surface area contributed by atoms with Crippen molar-refractivity contribution in [2.75, 3.05) is 10.6 Å². The van der Waals surface area contributed by atoms with E-state index in [-0.39, 0.29) is 5.56 Å². The molecule has 5 rings (SSSR count). The first-order valence-electron chi connectivity index (χ1n) is 10.5. The van der Waals surface area contributed by atoms with Crippen LogP contribution in [0.1, 0.15) is 25.0 Å². The fraction of sp³-hybridized carbons (Fsp3) is 0.273. The second-order valence-corrected chi connectivity index (χ2v) is 7.89. The van der Waals surface area contributed by atoms with Crippen LogP contribution in [0.25, 0.3) is 16.9 Å². The molecule has 4 heterocycles. The lowest BCUT2D eigenvalue weighted by Crippen LogP contribution is -2.22. The number of nitrogens with one attached hydrogen (secondary N) is 3. The number of pyridine rings is 2. The first-order chi connectivity index (χ1) is 15.7. The van der Waals surface area contributed by atoms with E-state index in [1.165, 1.54) is 6.20 Å². The zero-order chi connectivity index (χ0) is 21.9. The van der Waals surface area contributed by atoms with Crippen LogP contribution in [0.5, 0.6) is 0 Å². The molecule has 0 bridgehead atoms. The third-order valence-electron chi connectivity index (χ3n) is 5.58. The van der Waals surface area contributed by atoms with Crippen molar-refractivity contribution in [3.05, 3.63) is 71.3 Å². The van der Waals surface area contributed by atoms with Gasteiger partial charge in [-0.15, -0.1) is 0 Å². The molecule has 3 N–H and O–H groups in total. The zero-order valence-electron chi connectivity index (χ0n) is 17.6. The third kappa shape index (κ3) is 4.20. The fourth-order valence-corrected chi connectivity index (χ4v) is 3.97. The molecule has 10 nitrogen and oxygen atoms in total. The molecular weight excluding hydrogens is 406 g/mol. The van der Waals surface area contributed by atoms with Crippen molar-refractivity contribution in [3.8, 4) is 16.9 Å². The van der Waals surface area contributed by atoms with E-state index in [1.54, 1.807) is 35.4 Å². The minimum absolute atomic E-state index is 0.173. The molecule has 4 aromatic heterocycles. The molecule has 32 heavy (non-hydrogen) atoms. The molecule has 4 aromatic rings. The molecular formula is C22H23N9O. The maximum absolute atomic E-state index is 12.9. The van der Waals surface area contributed by atoms with Crippen LogP contribution in [-0.2, 0) is 0 Å². The Hall–Kier alpha value is -4.08. The van der Waals surface area contributed by atoms with E-state index < -0.39 is 0 Å². The lowest BCUT2D eigenvalue weighted by Gasteiger charge is -2.16. The summed E-state index contributed by atoms with van der Waals surface area (Å²) < 4.78 is 1.55. The van der Waals surface area contributed by atoms with E-state index in [2.05, 4.69) is 41.0 Å². The highest BCUT2D eigenvalue weighted by Gasteiger charge is 2.25. The number of aromatic amines is 1.